The molecule has 0 saturated heterocycles. The predicted molar refractivity (Wildman–Crippen MR) is 98.2 cm³/mol. The number of ether oxygens (including phenoxy) is 1. The lowest BCUT2D eigenvalue weighted by molar-refractivity contribution is 0.225. The maximum atomic E-state index is 12.7. The average molecular weight is 356 g/mol. The maximum absolute atomic E-state index is 12.7. The second-order valence-corrected chi connectivity index (χ2v) is 7.61. The number of nitrogens with one attached hydrogen (secondary N) is 1. The van der Waals surface area contributed by atoms with Crippen molar-refractivity contribution in [2.75, 3.05) is 6.54 Å². The van der Waals surface area contributed by atoms with Gasteiger partial charge in [-0.15, -0.1) is 0 Å². The second kappa shape index (κ2) is 7.21. The summed E-state index contributed by atoms with van der Waals surface area (Å²) in [7, 11) is -3.66. The van der Waals surface area contributed by atoms with Gasteiger partial charge in [0.25, 0.3) is 0 Å². The van der Waals surface area contributed by atoms with Crippen molar-refractivity contribution in [2.24, 2.45) is 0 Å². The number of rotatable bonds is 6. The summed E-state index contributed by atoms with van der Waals surface area (Å²) in [6.07, 6.45) is 1.36. The van der Waals surface area contributed by atoms with Crippen molar-refractivity contribution in [3.8, 4) is 5.75 Å². The number of benzene rings is 2. The van der Waals surface area contributed by atoms with E-state index in [1.54, 1.807) is 30.5 Å². The fraction of sp³-hybridized carbons (Fsp3) is 0.211. The lowest BCUT2D eigenvalue weighted by Crippen LogP contribution is -2.33. The van der Waals surface area contributed by atoms with Gasteiger partial charge >= 0.3 is 0 Å². The monoisotopic (exact) mass is 356 g/mol. The molecule has 0 aliphatic heterocycles. The molecule has 6 heteroatoms. The van der Waals surface area contributed by atoms with Crippen LogP contribution in [0.15, 0.2) is 65.7 Å². The molecule has 0 fully saturated rings. The highest BCUT2D eigenvalue weighted by atomic mass is 32.2. The first-order valence-electron chi connectivity index (χ1n) is 8.03. The van der Waals surface area contributed by atoms with Crippen LogP contribution in [-0.4, -0.2) is 26.1 Å². The van der Waals surface area contributed by atoms with Gasteiger partial charge in [0, 0.05) is 18.1 Å². The van der Waals surface area contributed by atoms with E-state index < -0.39 is 10.0 Å². The Kier molecular flexibility index (Phi) is 5.01. The fourth-order valence-corrected chi connectivity index (χ4v) is 3.91. The molecular weight excluding hydrogens is 336 g/mol. The van der Waals surface area contributed by atoms with Crippen molar-refractivity contribution < 1.29 is 13.2 Å². The smallest absolute Gasteiger partial charge is 0.241 e. The minimum atomic E-state index is -3.66. The largest absolute Gasteiger partial charge is 0.489 e. The van der Waals surface area contributed by atoms with Crippen LogP contribution in [0.2, 0.25) is 0 Å². The molecule has 0 spiro atoms. The third-order valence-electron chi connectivity index (χ3n) is 3.86. The highest BCUT2D eigenvalue weighted by Crippen LogP contribution is 2.24. The van der Waals surface area contributed by atoms with E-state index in [2.05, 4.69) is 9.71 Å². The van der Waals surface area contributed by atoms with Crippen LogP contribution in [-0.2, 0) is 10.0 Å². The van der Waals surface area contributed by atoms with Crippen LogP contribution in [0.5, 0.6) is 5.75 Å². The molecule has 5 nitrogen and oxygen atoms in total. The molecule has 2 aromatic carbocycles. The molecular formula is C19H20N2O3S. The molecule has 1 atom stereocenters. The summed E-state index contributed by atoms with van der Waals surface area (Å²) in [6, 6.07) is 16.2. The van der Waals surface area contributed by atoms with Gasteiger partial charge in [0.15, 0.2) is 0 Å². The zero-order valence-electron chi connectivity index (χ0n) is 14.1. The van der Waals surface area contributed by atoms with E-state index in [-0.39, 0.29) is 17.5 Å². The number of hydrogen-bond donors (Lipinski definition) is 1. The molecule has 3 rings (SSSR count). The Labute approximate surface area is 147 Å². The predicted octanol–water partition coefficient (Wildman–Crippen LogP) is 3.29. The van der Waals surface area contributed by atoms with E-state index in [9.17, 15) is 8.42 Å². The Morgan fingerprint density at radius 3 is 2.60 bits per heavy atom. The van der Waals surface area contributed by atoms with Crippen LogP contribution in [0.1, 0.15) is 12.5 Å². The number of aromatic nitrogens is 1. The van der Waals surface area contributed by atoms with Crippen molar-refractivity contribution in [3.63, 3.8) is 0 Å². The zero-order chi connectivity index (χ0) is 17.9. The number of hydrogen-bond acceptors (Lipinski definition) is 4. The fourth-order valence-electron chi connectivity index (χ4n) is 2.60. The van der Waals surface area contributed by atoms with E-state index >= 15 is 0 Å². The van der Waals surface area contributed by atoms with Gasteiger partial charge in [0.05, 0.1) is 10.4 Å². The number of pyridine rings is 1. The van der Waals surface area contributed by atoms with Gasteiger partial charge in [-0.05, 0) is 49.7 Å². The Balaban J connectivity index is 1.78. The lowest BCUT2D eigenvalue weighted by atomic mass is 10.1. The minimum absolute atomic E-state index is 0.173. The molecule has 0 aliphatic carbocycles. The molecule has 0 amide bonds. The summed E-state index contributed by atoms with van der Waals surface area (Å²) in [4.78, 5) is 4.52. The van der Waals surface area contributed by atoms with Crippen molar-refractivity contribution in [1.29, 1.82) is 0 Å². The van der Waals surface area contributed by atoms with Crippen molar-refractivity contribution in [3.05, 3.63) is 66.4 Å². The van der Waals surface area contributed by atoms with E-state index in [0.717, 1.165) is 5.56 Å². The molecule has 1 aromatic heterocycles. The molecule has 1 unspecified atom stereocenters. The van der Waals surface area contributed by atoms with Gasteiger partial charge in [-0.1, -0.05) is 24.3 Å². The summed E-state index contributed by atoms with van der Waals surface area (Å²) in [5.74, 6) is 0.708. The van der Waals surface area contributed by atoms with Gasteiger partial charge < -0.3 is 4.74 Å². The standard InChI is InChI=1S/C19H20N2O3S/c1-14-10-11-18(17-9-6-12-20-19(14)17)25(22,23)21-13-15(2)24-16-7-4-3-5-8-16/h3-12,15,21H,13H2,1-2H3. The molecule has 0 saturated carbocycles. The first-order chi connectivity index (χ1) is 12.0. The van der Waals surface area contributed by atoms with Crippen LogP contribution >= 0.6 is 0 Å². The molecule has 1 N–H and O–H groups in total. The summed E-state index contributed by atoms with van der Waals surface area (Å²) in [5, 5.41) is 0.617. The summed E-state index contributed by atoms with van der Waals surface area (Å²) >= 11 is 0. The van der Waals surface area contributed by atoms with Gasteiger partial charge in [0.1, 0.15) is 11.9 Å². The molecule has 3 aromatic rings. The van der Waals surface area contributed by atoms with Gasteiger partial charge in [-0.3, -0.25) is 4.98 Å². The Morgan fingerprint density at radius 2 is 1.84 bits per heavy atom. The van der Waals surface area contributed by atoms with Crippen molar-refractivity contribution in [1.82, 2.24) is 9.71 Å². The first-order valence-corrected chi connectivity index (χ1v) is 9.51. The normalized spacial score (nSPS) is 12.9. The van der Waals surface area contributed by atoms with Crippen LogP contribution in [0.3, 0.4) is 0 Å². The second-order valence-electron chi connectivity index (χ2n) is 5.87. The average Bonchev–Trinajstić information content (AvgIpc) is 2.61. The van der Waals surface area contributed by atoms with E-state index in [1.165, 1.54) is 0 Å². The first kappa shape index (κ1) is 17.4. The Hall–Kier alpha value is -2.44. The number of sulfonamides is 1. The summed E-state index contributed by atoms with van der Waals surface area (Å²) < 4.78 is 33.8. The highest BCUT2D eigenvalue weighted by molar-refractivity contribution is 7.89. The van der Waals surface area contributed by atoms with Gasteiger partial charge in [-0.2, -0.15) is 0 Å². The molecule has 0 aliphatic rings. The van der Waals surface area contributed by atoms with Crippen LogP contribution in [0.4, 0.5) is 0 Å². The third kappa shape index (κ3) is 3.97. The van der Waals surface area contributed by atoms with Crippen molar-refractivity contribution >= 4 is 20.9 Å². The molecule has 0 bridgehead atoms. The quantitative estimate of drug-likeness (QED) is 0.736. The summed E-state index contributed by atoms with van der Waals surface area (Å²) in [5.41, 5.74) is 1.63. The highest BCUT2D eigenvalue weighted by Gasteiger charge is 2.19. The number of nitrogens with zero attached hydrogens (tertiary/aromatic N) is 1. The SMILES string of the molecule is Cc1ccc(S(=O)(=O)NCC(C)Oc2ccccc2)c2cccnc12. The van der Waals surface area contributed by atoms with Crippen LogP contribution < -0.4 is 9.46 Å². The number of aryl methyl sites for hydroxylation is 1. The maximum Gasteiger partial charge on any atom is 0.241 e. The van der Waals surface area contributed by atoms with Crippen LogP contribution in [0, 0.1) is 6.92 Å². The molecule has 130 valence electrons. The topological polar surface area (TPSA) is 68.3 Å². The third-order valence-corrected chi connectivity index (χ3v) is 5.34. The van der Waals surface area contributed by atoms with E-state index in [4.69, 9.17) is 4.74 Å². The summed E-state index contributed by atoms with van der Waals surface area (Å²) in [6.45, 7) is 3.91. The molecule has 25 heavy (non-hydrogen) atoms. The van der Waals surface area contributed by atoms with Gasteiger partial charge in [-0.25, -0.2) is 13.1 Å². The minimum Gasteiger partial charge on any atom is -0.489 e. The zero-order valence-corrected chi connectivity index (χ0v) is 15.0. The van der Waals surface area contributed by atoms with E-state index in [1.807, 2.05) is 44.2 Å². The Bertz CT molecular complexity index is 972. The number of fused-ring (bicyclic) bond motifs is 1. The van der Waals surface area contributed by atoms with Crippen LogP contribution in [0.25, 0.3) is 10.9 Å². The number of para-hydroxylation sites is 1. The Morgan fingerprint density at radius 1 is 1.08 bits per heavy atom. The van der Waals surface area contributed by atoms with Crippen molar-refractivity contribution in [2.45, 2.75) is 24.8 Å². The molecule has 1 heterocycles. The van der Waals surface area contributed by atoms with E-state index in [0.29, 0.717) is 16.7 Å². The lowest BCUT2D eigenvalue weighted by Gasteiger charge is -2.16. The van der Waals surface area contributed by atoms with Gasteiger partial charge in [0.2, 0.25) is 10.0 Å². The molecule has 0 radical (unpaired) electrons.